The van der Waals surface area contributed by atoms with Crippen LogP contribution < -0.4 is 0 Å². The third-order valence-corrected chi connectivity index (χ3v) is 5.12. The van der Waals surface area contributed by atoms with E-state index in [2.05, 4.69) is 22.4 Å². The first-order chi connectivity index (χ1) is 19.0. The number of aromatic nitrogens is 1. The summed E-state index contributed by atoms with van der Waals surface area (Å²) in [6.45, 7) is -2.45. The molecule has 179 valence electrons. The molecule has 0 N–H and O–H groups in total. The standard InChI is InChI=1S/C18H14N2O.C12H11N.Ir/c1-12(6-3-4-11-19)14-7-5-8-15-16-10-9-13(2)20-18(16)21-17(14)15;1-10-7-8-12(13-9-10)11-5-3-2-4-6-11;/h3-6,8-11H,1-2H3;2-5,7-9,12H,1H3;/q2*-2;/b4-3-,12-6+;;/i2D3;1D3;. The van der Waals surface area contributed by atoms with Crippen LogP contribution >= 0.6 is 0 Å². The van der Waals surface area contributed by atoms with E-state index in [4.69, 9.17) is 18.1 Å². The third-order valence-electron chi connectivity index (χ3n) is 5.12. The van der Waals surface area contributed by atoms with Gasteiger partial charge in [0.1, 0.15) is 0 Å². The zero-order valence-electron chi connectivity index (χ0n) is 24.8. The van der Waals surface area contributed by atoms with Crippen LogP contribution in [0, 0.1) is 19.0 Å². The van der Waals surface area contributed by atoms with Crippen molar-refractivity contribution >= 4 is 33.9 Å². The maximum Gasteiger partial charge on any atom is 0.216 e. The Balaban J connectivity index is 0.000000238. The van der Waals surface area contributed by atoms with Crippen molar-refractivity contribution in [2.75, 3.05) is 0 Å². The van der Waals surface area contributed by atoms with Gasteiger partial charge in [-0.15, -0.1) is 35.4 Å². The average molecular weight is 642 g/mol. The van der Waals surface area contributed by atoms with E-state index in [9.17, 15) is 0 Å². The summed E-state index contributed by atoms with van der Waals surface area (Å²) in [6.07, 6.45) is 10.8. The van der Waals surface area contributed by atoms with Crippen molar-refractivity contribution in [1.29, 1.82) is 0 Å². The summed E-state index contributed by atoms with van der Waals surface area (Å²) < 4.78 is 50.0. The predicted octanol–water partition coefficient (Wildman–Crippen LogP) is 8.06. The van der Waals surface area contributed by atoms with Crippen LogP contribution in [0.2, 0.25) is 0 Å². The molecule has 0 amide bonds. The van der Waals surface area contributed by atoms with E-state index in [0.717, 1.165) is 33.7 Å². The van der Waals surface area contributed by atoms with Crippen LogP contribution in [-0.4, -0.2) is 11.2 Å². The van der Waals surface area contributed by atoms with Gasteiger partial charge in [0.05, 0.1) is 5.58 Å². The zero-order valence-corrected chi connectivity index (χ0v) is 21.2. The van der Waals surface area contributed by atoms with Crippen LogP contribution in [0.4, 0.5) is 0 Å². The molecule has 1 aliphatic heterocycles. The molecule has 0 bridgehead atoms. The first-order valence-electron chi connectivity index (χ1n) is 13.6. The molecule has 0 saturated heterocycles. The van der Waals surface area contributed by atoms with Gasteiger partial charge in [-0.25, -0.2) is 4.98 Å². The van der Waals surface area contributed by atoms with Crippen LogP contribution in [0.5, 0.6) is 0 Å². The molecule has 0 spiro atoms. The zero-order chi connectivity index (χ0) is 28.9. The Bertz CT molecular complexity index is 1630. The van der Waals surface area contributed by atoms with Gasteiger partial charge in [0.2, 0.25) is 5.71 Å². The summed E-state index contributed by atoms with van der Waals surface area (Å²) >= 11 is 0. The first-order valence-corrected chi connectivity index (χ1v) is 10.6. The molecule has 1 aliphatic rings. The molecule has 5 heteroatoms. The summed E-state index contributed by atoms with van der Waals surface area (Å²) in [5, 5.41) is 14.5. The molecule has 4 nitrogen and oxygen atoms in total. The molecule has 35 heavy (non-hydrogen) atoms. The third kappa shape index (κ3) is 6.33. The monoisotopic (exact) mass is 642 g/mol. The van der Waals surface area contributed by atoms with Gasteiger partial charge in [-0.2, -0.15) is 48.3 Å². The Hall–Kier alpha value is -3.53. The van der Waals surface area contributed by atoms with Crippen LogP contribution in [0.3, 0.4) is 0 Å². The normalized spacial score (nSPS) is 18.5. The Morgan fingerprint density at radius 2 is 2.03 bits per heavy atom. The molecule has 2 aromatic heterocycles. The Kier molecular flexibility index (Phi) is 6.57. The fourth-order valence-electron chi connectivity index (χ4n) is 3.47. The largest absolute Gasteiger partial charge is 0.811 e. The van der Waals surface area contributed by atoms with Crippen molar-refractivity contribution < 1.29 is 32.7 Å². The Morgan fingerprint density at radius 3 is 2.74 bits per heavy atom. The molecule has 4 aromatic rings. The van der Waals surface area contributed by atoms with Gasteiger partial charge in [0.25, 0.3) is 0 Å². The molecule has 0 fully saturated rings. The van der Waals surface area contributed by atoms with E-state index in [-0.39, 0.29) is 37.4 Å². The topological polar surface area (TPSA) is 62.4 Å². The number of allylic oxidation sites excluding steroid dienone is 6. The fourth-order valence-corrected chi connectivity index (χ4v) is 3.47. The number of nitrogens with zero attached hydrogens (tertiary/aromatic N) is 3. The van der Waals surface area contributed by atoms with Gasteiger partial charge >= 0.3 is 0 Å². The number of furan rings is 1. The maximum atomic E-state index is 8.69. The molecule has 0 saturated carbocycles. The van der Waals surface area contributed by atoms with E-state index >= 15 is 0 Å². The number of rotatable bonds is 4. The van der Waals surface area contributed by atoms with Crippen LogP contribution in [0.25, 0.3) is 38.4 Å². The minimum atomic E-state index is -2.27. The van der Waals surface area contributed by atoms with Crippen molar-refractivity contribution in [3.8, 4) is 0 Å². The van der Waals surface area contributed by atoms with E-state index in [1.54, 1.807) is 30.4 Å². The second-order valence-electron chi connectivity index (χ2n) is 7.49. The number of hydrogen-bond donors (Lipinski definition) is 0. The summed E-state index contributed by atoms with van der Waals surface area (Å²) in [7, 11) is 0. The summed E-state index contributed by atoms with van der Waals surface area (Å²) in [5.74, 6) is 0. The van der Waals surface area contributed by atoms with Crippen molar-refractivity contribution in [2.45, 2.75) is 26.7 Å². The van der Waals surface area contributed by atoms with E-state index in [0.29, 0.717) is 11.3 Å². The molecule has 5 rings (SSSR count). The van der Waals surface area contributed by atoms with Crippen LogP contribution in [-0.2, 0) is 20.1 Å². The molecule has 2 aromatic carbocycles. The van der Waals surface area contributed by atoms with E-state index in [1.807, 2.05) is 43.3 Å². The second kappa shape index (κ2) is 12.3. The van der Waals surface area contributed by atoms with Gasteiger partial charge < -0.3 is 15.1 Å². The fraction of sp³-hybridized carbons (Fsp3) is 0.133. The number of fused-ring (bicyclic) bond motifs is 3. The molecular weight excluding hydrogens is 611 g/mol. The minimum Gasteiger partial charge on any atom is -0.811 e. The van der Waals surface area contributed by atoms with Crippen molar-refractivity contribution in [2.24, 2.45) is 0 Å². The number of hydrogen-bond acceptors (Lipinski definition) is 2. The number of aryl methyl sites for hydroxylation is 1. The quantitative estimate of drug-likeness (QED) is 0.129. The van der Waals surface area contributed by atoms with Gasteiger partial charge in [-0.1, -0.05) is 48.2 Å². The maximum absolute atomic E-state index is 8.69. The summed E-state index contributed by atoms with van der Waals surface area (Å²) in [6, 6.07) is 20.5. The summed E-state index contributed by atoms with van der Waals surface area (Å²) in [4.78, 5) is 4.15. The molecule has 1 radical (unpaired) electrons. The smallest absolute Gasteiger partial charge is 0.216 e. The van der Waals surface area contributed by atoms with Crippen molar-refractivity contribution in [3.63, 3.8) is 0 Å². The average Bonchev–Trinajstić information content (AvgIpc) is 3.31. The Morgan fingerprint density at radius 1 is 1.11 bits per heavy atom. The number of benzene rings is 2. The van der Waals surface area contributed by atoms with Crippen LogP contribution in [0.15, 0.2) is 95.1 Å². The molecular formula is C30H25IrN3O-4. The second-order valence-corrected chi connectivity index (χ2v) is 7.49. The van der Waals surface area contributed by atoms with Crippen molar-refractivity contribution in [3.05, 3.63) is 130 Å². The predicted molar refractivity (Wildman–Crippen MR) is 142 cm³/mol. The molecule has 0 aliphatic carbocycles. The molecule has 3 heterocycles. The van der Waals surface area contributed by atoms with Gasteiger partial charge in [-0.05, 0) is 25.8 Å². The van der Waals surface area contributed by atoms with E-state index < -0.39 is 13.7 Å². The first kappa shape index (κ1) is 18.8. The minimum absolute atomic E-state index is 0. The SMILES string of the molecule is [2H]C([2H])([2H])C1=C[N-]C(c2[c-]cccc2)C=C1.[2H]C([2H])([2H])c1ccc2c(n1)oc1c(/C(C)=C/C=C\C=[N-])[c-]ccc12.[Ir]. The summed E-state index contributed by atoms with van der Waals surface area (Å²) in [5.41, 5.74) is 3.80. The van der Waals surface area contributed by atoms with Crippen LogP contribution in [0.1, 0.15) is 44.9 Å². The van der Waals surface area contributed by atoms with Gasteiger partial charge in [0.15, 0.2) is 0 Å². The van der Waals surface area contributed by atoms with Gasteiger partial charge in [0, 0.05) is 39.4 Å². The van der Waals surface area contributed by atoms with E-state index in [1.165, 1.54) is 18.3 Å². The molecule has 1 unspecified atom stereocenters. The number of pyridine rings is 1. The van der Waals surface area contributed by atoms with Gasteiger partial charge in [-0.3, -0.25) is 0 Å². The molecule has 1 atom stereocenters. The Labute approximate surface area is 228 Å². The van der Waals surface area contributed by atoms with Crippen molar-refractivity contribution in [1.82, 2.24) is 4.98 Å².